The first-order chi connectivity index (χ1) is 12.1. The SMILES string of the molecule is CCCN(CCC)C(=O)OC1(C(=O)Cc2ccccc2)CCCCC1. The third-order valence-corrected chi connectivity index (χ3v) is 4.90. The van der Waals surface area contributed by atoms with Gasteiger partial charge in [-0.05, 0) is 44.1 Å². The predicted molar refractivity (Wildman–Crippen MR) is 99.6 cm³/mol. The van der Waals surface area contributed by atoms with Crippen LogP contribution in [0.4, 0.5) is 4.79 Å². The molecule has 138 valence electrons. The summed E-state index contributed by atoms with van der Waals surface area (Å²) in [6.45, 7) is 5.45. The molecule has 1 amide bonds. The Kier molecular flexibility index (Phi) is 7.48. The normalized spacial score (nSPS) is 16.2. The van der Waals surface area contributed by atoms with Crippen LogP contribution in [0.5, 0.6) is 0 Å². The van der Waals surface area contributed by atoms with Crippen molar-refractivity contribution in [3.8, 4) is 0 Å². The van der Waals surface area contributed by atoms with E-state index in [1.165, 1.54) is 0 Å². The first-order valence-corrected chi connectivity index (χ1v) is 9.66. The van der Waals surface area contributed by atoms with E-state index in [4.69, 9.17) is 4.74 Å². The molecule has 0 spiro atoms. The monoisotopic (exact) mass is 345 g/mol. The zero-order valence-electron chi connectivity index (χ0n) is 15.6. The Bertz CT molecular complexity index is 544. The van der Waals surface area contributed by atoms with E-state index in [1.807, 2.05) is 44.2 Å². The van der Waals surface area contributed by atoms with Crippen LogP contribution in [-0.4, -0.2) is 35.5 Å². The summed E-state index contributed by atoms with van der Waals surface area (Å²) >= 11 is 0. The minimum absolute atomic E-state index is 0.0414. The fourth-order valence-electron chi connectivity index (χ4n) is 3.57. The molecule has 25 heavy (non-hydrogen) atoms. The van der Waals surface area contributed by atoms with E-state index in [-0.39, 0.29) is 11.9 Å². The second kappa shape index (κ2) is 9.59. The molecule has 0 unspecified atom stereocenters. The van der Waals surface area contributed by atoms with Crippen LogP contribution in [0.3, 0.4) is 0 Å². The minimum Gasteiger partial charge on any atom is -0.435 e. The van der Waals surface area contributed by atoms with E-state index in [0.29, 0.717) is 32.4 Å². The second-order valence-corrected chi connectivity index (χ2v) is 7.00. The van der Waals surface area contributed by atoms with Crippen LogP contribution in [0.25, 0.3) is 0 Å². The van der Waals surface area contributed by atoms with Gasteiger partial charge in [0.2, 0.25) is 0 Å². The van der Waals surface area contributed by atoms with Gasteiger partial charge < -0.3 is 9.64 Å². The summed E-state index contributed by atoms with van der Waals surface area (Å²) in [4.78, 5) is 27.5. The number of carbonyl (C=O) groups is 2. The van der Waals surface area contributed by atoms with Gasteiger partial charge in [-0.1, -0.05) is 50.6 Å². The molecular formula is C21H31NO3. The first-order valence-electron chi connectivity index (χ1n) is 9.66. The third kappa shape index (κ3) is 5.32. The van der Waals surface area contributed by atoms with Crippen molar-refractivity contribution in [1.82, 2.24) is 4.90 Å². The molecule has 0 aliphatic heterocycles. The number of Topliss-reactive ketones (excluding diaryl/α,β-unsaturated/α-hetero) is 1. The number of carbonyl (C=O) groups excluding carboxylic acids is 2. The number of hydrogen-bond acceptors (Lipinski definition) is 3. The molecule has 1 saturated carbocycles. The van der Waals surface area contributed by atoms with E-state index in [1.54, 1.807) is 4.90 Å². The molecule has 1 aliphatic rings. The zero-order valence-corrected chi connectivity index (χ0v) is 15.6. The molecular weight excluding hydrogens is 314 g/mol. The van der Waals surface area contributed by atoms with Gasteiger partial charge in [0.1, 0.15) is 0 Å². The number of ketones is 1. The van der Waals surface area contributed by atoms with Crippen LogP contribution in [0, 0.1) is 0 Å². The van der Waals surface area contributed by atoms with Crippen molar-refractivity contribution in [3.63, 3.8) is 0 Å². The molecule has 0 radical (unpaired) electrons. The maximum atomic E-state index is 13.1. The molecule has 4 heteroatoms. The number of benzene rings is 1. The van der Waals surface area contributed by atoms with E-state index >= 15 is 0 Å². The molecule has 0 aromatic heterocycles. The Morgan fingerprint density at radius 2 is 1.60 bits per heavy atom. The summed E-state index contributed by atoms with van der Waals surface area (Å²) in [6, 6.07) is 9.73. The first kappa shape index (κ1) is 19.5. The zero-order chi connectivity index (χ0) is 18.1. The topological polar surface area (TPSA) is 46.6 Å². The van der Waals surface area contributed by atoms with E-state index in [0.717, 1.165) is 37.7 Å². The molecule has 1 aromatic carbocycles. The Labute approximate surface area is 151 Å². The van der Waals surface area contributed by atoms with Crippen molar-refractivity contribution in [1.29, 1.82) is 0 Å². The molecule has 0 atom stereocenters. The van der Waals surface area contributed by atoms with Crippen molar-refractivity contribution in [3.05, 3.63) is 35.9 Å². The lowest BCUT2D eigenvalue weighted by Gasteiger charge is -2.37. The van der Waals surface area contributed by atoms with E-state index < -0.39 is 5.60 Å². The molecule has 0 saturated heterocycles. The number of nitrogens with zero attached hydrogens (tertiary/aromatic N) is 1. The van der Waals surface area contributed by atoms with Gasteiger partial charge >= 0.3 is 6.09 Å². The lowest BCUT2D eigenvalue weighted by Crippen LogP contribution is -2.49. The Morgan fingerprint density at radius 1 is 1.00 bits per heavy atom. The lowest BCUT2D eigenvalue weighted by atomic mass is 9.79. The van der Waals surface area contributed by atoms with Crippen LogP contribution in [0.15, 0.2) is 30.3 Å². The molecule has 0 N–H and O–H groups in total. The largest absolute Gasteiger partial charge is 0.435 e. The third-order valence-electron chi connectivity index (χ3n) is 4.90. The molecule has 0 heterocycles. The van der Waals surface area contributed by atoms with Crippen molar-refractivity contribution in [2.75, 3.05) is 13.1 Å². The summed E-state index contributed by atoms with van der Waals surface area (Å²) < 4.78 is 5.92. The summed E-state index contributed by atoms with van der Waals surface area (Å²) in [5, 5.41) is 0. The molecule has 0 bridgehead atoms. The maximum Gasteiger partial charge on any atom is 0.410 e. The molecule has 1 fully saturated rings. The van der Waals surface area contributed by atoms with Gasteiger partial charge in [0.05, 0.1) is 0 Å². The summed E-state index contributed by atoms with van der Waals surface area (Å²) in [7, 11) is 0. The van der Waals surface area contributed by atoms with Crippen molar-refractivity contribution >= 4 is 11.9 Å². The smallest absolute Gasteiger partial charge is 0.410 e. The number of hydrogen-bond donors (Lipinski definition) is 0. The molecule has 4 nitrogen and oxygen atoms in total. The Hall–Kier alpha value is -1.84. The fourth-order valence-corrected chi connectivity index (χ4v) is 3.57. The summed E-state index contributed by atoms with van der Waals surface area (Å²) in [5.41, 5.74) is 0.0396. The highest BCUT2D eigenvalue weighted by atomic mass is 16.6. The van der Waals surface area contributed by atoms with E-state index in [9.17, 15) is 9.59 Å². The van der Waals surface area contributed by atoms with Gasteiger partial charge in [0, 0.05) is 19.5 Å². The fraction of sp³-hybridized carbons (Fsp3) is 0.619. The van der Waals surface area contributed by atoms with E-state index in [2.05, 4.69) is 0 Å². The van der Waals surface area contributed by atoms with Crippen LogP contribution in [-0.2, 0) is 16.0 Å². The van der Waals surface area contributed by atoms with Crippen molar-refractivity contribution in [2.24, 2.45) is 0 Å². The second-order valence-electron chi connectivity index (χ2n) is 7.00. The quantitative estimate of drug-likeness (QED) is 0.682. The lowest BCUT2D eigenvalue weighted by molar-refractivity contribution is -0.141. The van der Waals surface area contributed by atoms with Gasteiger partial charge in [0.25, 0.3) is 0 Å². The highest BCUT2D eigenvalue weighted by Gasteiger charge is 2.43. The highest BCUT2D eigenvalue weighted by Crippen LogP contribution is 2.34. The Morgan fingerprint density at radius 3 is 2.16 bits per heavy atom. The van der Waals surface area contributed by atoms with Crippen molar-refractivity contribution in [2.45, 2.75) is 70.8 Å². The van der Waals surface area contributed by atoms with Crippen LogP contribution in [0.1, 0.15) is 64.4 Å². The average molecular weight is 345 g/mol. The molecule has 2 rings (SSSR count). The summed E-state index contributed by atoms with van der Waals surface area (Å²) in [6.07, 6.45) is 6.06. The van der Waals surface area contributed by atoms with Gasteiger partial charge in [-0.3, -0.25) is 4.79 Å². The molecule has 1 aliphatic carbocycles. The van der Waals surface area contributed by atoms with Gasteiger partial charge in [-0.25, -0.2) is 4.79 Å². The molecule has 1 aromatic rings. The number of amides is 1. The Balaban J connectivity index is 2.13. The maximum absolute atomic E-state index is 13.1. The van der Waals surface area contributed by atoms with Gasteiger partial charge in [-0.2, -0.15) is 0 Å². The minimum atomic E-state index is -0.940. The standard InChI is InChI=1S/C21H31NO3/c1-3-15-22(16-4-2)20(24)25-21(13-9-6-10-14-21)19(23)17-18-11-7-5-8-12-18/h5,7-8,11-12H,3-4,6,9-10,13-17H2,1-2H3. The average Bonchev–Trinajstić information content (AvgIpc) is 2.63. The summed E-state index contributed by atoms with van der Waals surface area (Å²) in [5.74, 6) is 0.0414. The number of ether oxygens (including phenoxy) is 1. The highest BCUT2D eigenvalue weighted by molar-refractivity contribution is 5.91. The van der Waals surface area contributed by atoms with Crippen molar-refractivity contribution < 1.29 is 14.3 Å². The van der Waals surface area contributed by atoms with Crippen LogP contribution < -0.4 is 0 Å². The predicted octanol–water partition coefficient (Wildman–Crippen LogP) is 4.76. The van der Waals surface area contributed by atoms with Gasteiger partial charge in [0.15, 0.2) is 11.4 Å². The van der Waals surface area contributed by atoms with Crippen LogP contribution >= 0.6 is 0 Å². The van der Waals surface area contributed by atoms with Gasteiger partial charge in [-0.15, -0.1) is 0 Å². The van der Waals surface area contributed by atoms with Crippen LogP contribution in [0.2, 0.25) is 0 Å². The number of rotatable bonds is 8.